The molecule has 0 spiro atoms. The Bertz CT molecular complexity index is 863. The molecule has 3 rings (SSSR count). The molecule has 0 saturated carbocycles. The molecule has 116 valence electrons. The zero-order valence-electron chi connectivity index (χ0n) is 13.0. The summed E-state index contributed by atoms with van der Waals surface area (Å²) >= 11 is 0. The molecule has 0 aliphatic rings. The normalized spacial score (nSPS) is 12.1. The van der Waals surface area contributed by atoms with Gasteiger partial charge in [0.2, 0.25) is 0 Å². The number of carbonyl (C=O) groups excluding carboxylic acids is 1. The second-order valence-corrected chi connectivity index (χ2v) is 5.50. The number of aromatic nitrogens is 1. The lowest BCUT2D eigenvalue weighted by atomic mass is 10.1. The van der Waals surface area contributed by atoms with Gasteiger partial charge in [-0.25, -0.2) is 9.37 Å². The van der Waals surface area contributed by atoms with Gasteiger partial charge >= 0.3 is 0 Å². The molecule has 0 bridgehead atoms. The third-order valence-corrected chi connectivity index (χ3v) is 4.07. The molecule has 0 N–H and O–H groups in total. The molecule has 1 aromatic heterocycles. The van der Waals surface area contributed by atoms with Gasteiger partial charge in [-0.3, -0.25) is 4.79 Å². The summed E-state index contributed by atoms with van der Waals surface area (Å²) in [5.74, 6) is -0.544. The van der Waals surface area contributed by atoms with Crippen LogP contribution in [0.25, 0.3) is 10.9 Å². The molecular weight excluding hydrogens is 291 g/mol. The van der Waals surface area contributed by atoms with Crippen molar-refractivity contribution in [2.24, 2.45) is 0 Å². The van der Waals surface area contributed by atoms with Gasteiger partial charge in [0.15, 0.2) is 0 Å². The van der Waals surface area contributed by atoms with E-state index in [1.165, 1.54) is 11.0 Å². The van der Waals surface area contributed by atoms with E-state index in [4.69, 9.17) is 0 Å². The Morgan fingerprint density at radius 3 is 2.52 bits per heavy atom. The van der Waals surface area contributed by atoms with Gasteiger partial charge in [0.25, 0.3) is 5.91 Å². The SMILES string of the molecule is CC(c1ccccc1F)N(C)C(=O)c1ccc2ccccc2n1. The molecule has 3 nitrogen and oxygen atoms in total. The van der Waals surface area contributed by atoms with Crippen LogP contribution in [0.1, 0.15) is 29.0 Å². The van der Waals surface area contributed by atoms with Gasteiger partial charge in [-0.15, -0.1) is 0 Å². The summed E-state index contributed by atoms with van der Waals surface area (Å²) in [6.45, 7) is 1.80. The highest BCUT2D eigenvalue weighted by Gasteiger charge is 2.22. The van der Waals surface area contributed by atoms with Crippen molar-refractivity contribution in [3.63, 3.8) is 0 Å². The monoisotopic (exact) mass is 308 g/mol. The molecule has 23 heavy (non-hydrogen) atoms. The van der Waals surface area contributed by atoms with Crippen LogP contribution >= 0.6 is 0 Å². The maximum absolute atomic E-state index is 13.9. The van der Waals surface area contributed by atoms with Crippen LogP contribution in [0, 0.1) is 5.82 Å². The molecular formula is C19H17FN2O. The molecule has 0 aliphatic carbocycles. The van der Waals surface area contributed by atoms with Gasteiger partial charge in [0.1, 0.15) is 11.5 Å². The first-order valence-corrected chi connectivity index (χ1v) is 7.45. The molecule has 1 heterocycles. The predicted octanol–water partition coefficient (Wildman–Crippen LogP) is 4.21. The Balaban J connectivity index is 1.90. The van der Waals surface area contributed by atoms with Gasteiger partial charge in [-0.2, -0.15) is 0 Å². The Morgan fingerprint density at radius 2 is 1.74 bits per heavy atom. The summed E-state index contributed by atoms with van der Waals surface area (Å²) in [7, 11) is 1.66. The van der Waals surface area contributed by atoms with Crippen LogP contribution in [0.5, 0.6) is 0 Å². The van der Waals surface area contributed by atoms with Crippen LogP contribution in [0.15, 0.2) is 60.7 Å². The van der Waals surface area contributed by atoms with Crippen LogP contribution in [0.4, 0.5) is 4.39 Å². The zero-order valence-corrected chi connectivity index (χ0v) is 13.0. The number of hydrogen-bond acceptors (Lipinski definition) is 2. The van der Waals surface area contributed by atoms with E-state index in [1.54, 1.807) is 38.2 Å². The standard InChI is InChI=1S/C19H17FN2O/c1-13(15-8-4-5-9-16(15)20)22(2)19(23)18-12-11-14-7-3-6-10-17(14)21-18/h3-13H,1-2H3. The number of rotatable bonds is 3. The summed E-state index contributed by atoms with van der Waals surface area (Å²) in [6.07, 6.45) is 0. The number of amides is 1. The average Bonchev–Trinajstić information content (AvgIpc) is 2.60. The van der Waals surface area contributed by atoms with Gasteiger partial charge in [-0.1, -0.05) is 42.5 Å². The molecule has 4 heteroatoms. The smallest absolute Gasteiger partial charge is 0.272 e. The first-order chi connectivity index (χ1) is 11.1. The molecule has 1 atom stereocenters. The molecule has 0 saturated heterocycles. The minimum absolute atomic E-state index is 0.230. The number of halogens is 1. The van der Waals surface area contributed by atoms with Crippen molar-refractivity contribution < 1.29 is 9.18 Å². The Kier molecular flexibility index (Phi) is 4.06. The molecule has 2 aromatic carbocycles. The van der Waals surface area contributed by atoms with E-state index in [0.29, 0.717) is 11.3 Å². The summed E-state index contributed by atoms with van der Waals surface area (Å²) in [5.41, 5.74) is 1.61. The molecule has 1 unspecified atom stereocenters. The van der Waals surface area contributed by atoms with E-state index in [2.05, 4.69) is 4.98 Å². The average molecular weight is 308 g/mol. The second kappa shape index (κ2) is 6.16. The first-order valence-electron chi connectivity index (χ1n) is 7.45. The number of benzene rings is 2. The minimum atomic E-state index is -0.378. The van der Waals surface area contributed by atoms with Crippen molar-refractivity contribution in [2.45, 2.75) is 13.0 Å². The second-order valence-electron chi connectivity index (χ2n) is 5.50. The van der Waals surface area contributed by atoms with Gasteiger partial charge in [-0.05, 0) is 25.1 Å². The number of pyridine rings is 1. The largest absolute Gasteiger partial charge is 0.334 e. The molecule has 1 amide bonds. The van der Waals surface area contributed by atoms with Crippen LogP contribution in [0.2, 0.25) is 0 Å². The fourth-order valence-corrected chi connectivity index (χ4v) is 2.56. The Hall–Kier alpha value is -2.75. The number of fused-ring (bicyclic) bond motifs is 1. The predicted molar refractivity (Wildman–Crippen MR) is 88.7 cm³/mol. The molecule has 0 aliphatic heterocycles. The van der Waals surface area contributed by atoms with E-state index in [-0.39, 0.29) is 17.8 Å². The molecule has 3 aromatic rings. The van der Waals surface area contributed by atoms with Gasteiger partial charge in [0.05, 0.1) is 11.6 Å². The molecule has 0 fully saturated rings. The van der Waals surface area contributed by atoms with Crippen LogP contribution in [-0.4, -0.2) is 22.8 Å². The highest BCUT2D eigenvalue weighted by molar-refractivity contribution is 5.95. The van der Waals surface area contributed by atoms with Crippen molar-refractivity contribution >= 4 is 16.8 Å². The Morgan fingerprint density at radius 1 is 1.04 bits per heavy atom. The maximum Gasteiger partial charge on any atom is 0.272 e. The van der Waals surface area contributed by atoms with Crippen molar-refractivity contribution in [3.8, 4) is 0 Å². The summed E-state index contributed by atoms with van der Waals surface area (Å²) in [5, 5.41) is 0.980. The topological polar surface area (TPSA) is 33.2 Å². The highest BCUT2D eigenvalue weighted by Crippen LogP contribution is 2.23. The maximum atomic E-state index is 13.9. The van der Waals surface area contributed by atoms with Crippen molar-refractivity contribution in [1.82, 2.24) is 9.88 Å². The fourth-order valence-electron chi connectivity index (χ4n) is 2.56. The number of para-hydroxylation sites is 1. The molecule has 0 radical (unpaired) electrons. The highest BCUT2D eigenvalue weighted by atomic mass is 19.1. The van der Waals surface area contributed by atoms with Crippen molar-refractivity contribution in [3.05, 3.63) is 77.7 Å². The van der Waals surface area contributed by atoms with Crippen LogP contribution < -0.4 is 0 Å². The third-order valence-electron chi connectivity index (χ3n) is 4.07. The number of nitrogens with zero attached hydrogens (tertiary/aromatic N) is 2. The minimum Gasteiger partial charge on any atom is -0.334 e. The fraction of sp³-hybridized carbons (Fsp3) is 0.158. The van der Waals surface area contributed by atoms with E-state index >= 15 is 0 Å². The Labute approximate surface area is 134 Å². The summed E-state index contributed by atoms with van der Waals surface area (Å²) in [6, 6.07) is 17.3. The van der Waals surface area contributed by atoms with Crippen LogP contribution in [-0.2, 0) is 0 Å². The van der Waals surface area contributed by atoms with Gasteiger partial charge < -0.3 is 4.90 Å². The van der Waals surface area contributed by atoms with E-state index in [9.17, 15) is 9.18 Å². The van der Waals surface area contributed by atoms with Crippen molar-refractivity contribution in [2.75, 3.05) is 7.05 Å². The van der Waals surface area contributed by atoms with Gasteiger partial charge in [0, 0.05) is 18.0 Å². The number of hydrogen-bond donors (Lipinski definition) is 0. The first kappa shape index (κ1) is 15.2. The van der Waals surface area contributed by atoms with Crippen LogP contribution in [0.3, 0.4) is 0 Å². The summed E-state index contributed by atoms with van der Waals surface area (Å²) in [4.78, 5) is 18.6. The van der Waals surface area contributed by atoms with Crippen molar-refractivity contribution in [1.29, 1.82) is 0 Å². The lowest BCUT2D eigenvalue weighted by molar-refractivity contribution is 0.0735. The number of carbonyl (C=O) groups is 1. The lowest BCUT2D eigenvalue weighted by Crippen LogP contribution is -2.30. The summed E-state index contributed by atoms with van der Waals surface area (Å²) < 4.78 is 13.9. The van der Waals surface area contributed by atoms with E-state index in [1.807, 2.05) is 30.3 Å². The quantitative estimate of drug-likeness (QED) is 0.726. The van der Waals surface area contributed by atoms with E-state index < -0.39 is 0 Å². The third kappa shape index (κ3) is 2.93. The lowest BCUT2D eigenvalue weighted by Gasteiger charge is -2.25. The van der Waals surface area contributed by atoms with E-state index in [0.717, 1.165) is 10.9 Å². The zero-order chi connectivity index (χ0) is 16.4.